The minimum atomic E-state index is -0.874. The third kappa shape index (κ3) is 2.11. The van der Waals surface area contributed by atoms with Gasteiger partial charge in [-0.25, -0.2) is 4.79 Å². The molecular formula is C7H13N3O2. The van der Waals surface area contributed by atoms with Gasteiger partial charge < -0.3 is 15.7 Å². The van der Waals surface area contributed by atoms with Gasteiger partial charge in [-0.05, 0) is 12.3 Å². The monoisotopic (exact) mass is 171 g/mol. The molecule has 1 heterocycles. The molecule has 5 nitrogen and oxygen atoms in total. The summed E-state index contributed by atoms with van der Waals surface area (Å²) in [5.74, 6) is 0.394. The predicted molar refractivity (Wildman–Crippen MR) is 44.2 cm³/mol. The Morgan fingerprint density at radius 3 is 2.83 bits per heavy atom. The Hall–Kier alpha value is -1.26. The van der Waals surface area contributed by atoms with Crippen molar-refractivity contribution in [2.75, 3.05) is 13.1 Å². The second kappa shape index (κ2) is 3.42. The van der Waals surface area contributed by atoms with E-state index in [4.69, 9.17) is 16.2 Å². The van der Waals surface area contributed by atoms with Gasteiger partial charge in [-0.15, -0.1) is 0 Å². The third-order valence-electron chi connectivity index (χ3n) is 2.06. The van der Waals surface area contributed by atoms with Gasteiger partial charge in [0.2, 0.25) is 0 Å². The molecule has 1 unspecified atom stereocenters. The van der Waals surface area contributed by atoms with Crippen LogP contribution in [0.15, 0.2) is 0 Å². The van der Waals surface area contributed by atoms with Crippen LogP contribution in [-0.2, 0) is 0 Å². The number of amides is 1. The van der Waals surface area contributed by atoms with E-state index in [0.29, 0.717) is 19.5 Å². The first-order chi connectivity index (χ1) is 5.59. The molecule has 5 heteroatoms. The summed E-state index contributed by atoms with van der Waals surface area (Å²) in [6.45, 7) is 1.10. The zero-order chi connectivity index (χ0) is 9.14. The smallest absolute Gasteiger partial charge is 0.407 e. The first kappa shape index (κ1) is 8.83. The van der Waals surface area contributed by atoms with Crippen LogP contribution in [0.5, 0.6) is 0 Å². The Morgan fingerprint density at radius 1 is 1.75 bits per heavy atom. The van der Waals surface area contributed by atoms with Gasteiger partial charge in [-0.1, -0.05) is 0 Å². The second-order valence-corrected chi connectivity index (χ2v) is 3.11. The molecule has 0 aliphatic carbocycles. The summed E-state index contributed by atoms with van der Waals surface area (Å²) in [6.07, 6.45) is 0.469. The molecule has 1 atom stereocenters. The fourth-order valence-electron chi connectivity index (χ4n) is 1.48. The van der Waals surface area contributed by atoms with E-state index < -0.39 is 6.09 Å². The van der Waals surface area contributed by atoms with Crippen LogP contribution >= 0.6 is 0 Å². The van der Waals surface area contributed by atoms with Gasteiger partial charge in [0.25, 0.3) is 0 Å². The molecule has 1 fully saturated rings. The van der Waals surface area contributed by atoms with Crippen molar-refractivity contribution in [1.29, 1.82) is 5.41 Å². The summed E-state index contributed by atoms with van der Waals surface area (Å²) in [7, 11) is 0. The van der Waals surface area contributed by atoms with Gasteiger partial charge >= 0.3 is 6.09 Å². The number of hydrogen-bond donors (Lipinski definition) is 3. The normalized spacial score (nSPS) is 22.7. The Morgan fingerprint density at radius 2 is 2.42 bits per heavy atom. The number of hydrogen-bond acceptors (Lipinski definition) is 2. The highest BCUT2D eigenvalue weighted by Crippen LogP contribution is 2.18. The number of amidine groups is 1. The fourth-order valence-corrected chi connectivity index (χ4v) is 1.48. The highest BCUT2D eigenvalue weighted by molar-refractivity contribution is 5.77. The summed E-state index contributed by atoms with van der Waals surface area (Å²) in [6, 6.07) is 0. The van der Waals surface area contributed by atoms with Crippen LogP contribution in [0.1, 0.15) is 12.8 Å². The third-order valence-corrected chi connectivity index (χ3v) is 2.06. The van der Waals surface area contributed by atoms with Gasteiger partial charge in [-0.3, -0.25) is 5.41 Å². The number of carbonyl (C=O) groups is 1. The topological polar surface area (TPSA) is 90.4 Å². The first-order valence-corrected chi connectivity index (χ1v) is 3.90. The Bertz CT molecular complexity index is 205. The van der Waals surface area contributed by atoms with E-state index in [1.807, 2.05) is 0 Å². The number of nitrogens with two attached hydrogens (primary N) is 1. The van der Waals surface area contributed by atoms with Crippen LogP contribution in [0, 0.1) is 11.3 Å². The highest BCUT2D eigenvalue weighted by atomic mass is 16.4. The molecule has 0 aromatic rings. The number of nitrogens with zero attached hydrogens (tertiary/aromatic N) is 1. The standard InChI is InChI=1S/C7H13N3O2/c8-6(9)3-5-1-2-10(4-5)7(11)12/h5H,1-4H2,(H3,8,9)(H,11,12). The molecule has 0 aromatic heterocycles. The number of likely N-dealkylation sites (tertiary alicyclic amines) is 1. The molecule has 12 heavy (non-hydrogen) atoms. The number of carboxylic acid groups (broad SMARTS) is 1. The second-order valence-electron chi connectivity index (χ2n) is 3.11. The lowest BCUT2D eigenvalue weighted by molar-refractivity contribution is 0.154. The molecule has 0 bridgehead atoms. The highest BCUT2D eigenvalue weighted by Gasteiger charge is 2.25. The van der Waals surface area contributed by atoms with Crippen LogP contribution in [-0.4, -0.2) is 35.0 Å². The summed E-state index contributed by atoms with van der Waals surface area (Å²) in [5.41, 5.74) is 5.21. The summed E-state index contributed by atoms with van der Waals surface area (Å²) in [5, 5.41) is 15.7. The van der Waals surface area contributed by atoms with Crippen molar-refractivity contribution < 1.29 is 9.90 Å². The predicted octanol–water partition coefficient (Wildman–Crippen LogP) is 0.312. The van der Waals surface area contributed by atoms with Crippen molar-refractivity contribution >= 4 is 11.9 Å². The average Bonchev–Trinajstić information content (AvgIpc) is 2.34. The molecule has 68 valence electrons. The molecule has 0 saturated carbocycles. The Labute approximate surface area is 70.7 Å². The van der Waals surface area contributed by atoms with E-state index in [2.05, 4.69) is 0 Å². The minimum Gasteiger partial charge on any atom is -0.465 e. The zero-order valence-corrected chi connectivity index (χ0v) is 6.79. The molecule has 1 amide bonds. The van der Waals surface area contributed by atoms with Crippen molar-refractivity contribution in [2.24, 2.45) is 11.7 Å². The van der Waals surface area contributed by atoms with Crippen molar-refractivity contribution in [3.05, 3.63) is 0 Å². The van der Waals surface area contributed by atoms with E-state index in [9.17, 15) is 4.79 Å². The largest absolute Gasteiger partial charge is 0.465 e. The van der Waals surface area contributed by atoms with Crippen molar-refractivity contribution in [3.8, 4) is 0 Å². The lowest BCUT2D eigenvalue weighted by atomic mass is 10.1. The molecule has 0 spiro atoms. The van der Waals surface area contributed by atoms with Gasteiger partial charge in [0, 0.05) is 19.5 Å². The molecule has 0 aromatic carbocycles. The van der Waals surface area contributed by atoms with Crippen LogP contribution < -0.4 is 5.73 Å². The number of nitrogens with one attached hydrogen (secondary N) is 1. The summed E-state index contributed by atoms with van der Waals surface area (Å²) < 4.78 is 0. The van der Waals surface area contributed by atoms with Crippen molar-refractivity contribution in [2.45, 2.75) is 12.8 Å². The van der Waals surface area contributed by atoms with E-state index in [0.717, 1.165) is 6.42 Å². The zero-order valence-electron chi connectivity index (χ0n) is 6.79. The maximum absolute atomic E-state index is 10.5. The van der Waals surface area contributed by atoms with E-state index in [1.54, 1.807) is 0 Å². The Kier molecular flexibility index (Phi) is 2.52. The molecule has 0 radical (unpaired) electrons. The van der Waals surface area contributed by atoms with E-state index in [-0.39, 0.29) is 11.8 Å². The SMILES string of the molecule is N=C(N)CC1CCN(C(=O)O)C1. The van der Waals surface area contributed by atoms with Crippen LogP contribution in [0.3, 0.4) is 0 Å². The van der Waals surface area contributed by atoms with Crippen LogP contribution in [0.2, 0.25) is 0 Å². The fraction of sp³-hybridized carbons (Fsp3) is 0.714. The maximum Gasteiger partial charge on any atom is 0.407 e. The minimum absolute atomic E-state index is 0.146. The maximum atomic E-state index is 10.5. The summed E-state index contributed by atoms with van der Waals surface area (Å²) >= 11 is 0. The molecular weight excluding hydrogens is 158 g/mol. The van der Waals surface area contributed by atoms with Gasteiger partial charge in [0.05, 0.1) is 5.84 Å². The quantitative estimate of drug-likeness (QED) is 0.412. The molecule has 1 saturated heterocycles. The Balaban J connectivity index is 2.35. The van der Waals surface area contributed by atoms with Gasteiger partial charge in [-0.2, -0.15) is 0 Å². The van der Waals surface area contributed by atoms with Gasteiger partial charge in [0.15, 0.2) is 0 Å². The lowest BCUT2D eigenvalue weighted by Crippen LogP contribution is -2.27. The molecule has 4 N–H and O–H groups in total. The summed E-state index contributed by atoms with van der Waals surface area (Å²) in [4.78, 5) is 11.8. The van der Waals surface area contributed by atoms with Crippen LogP contribution in [0.4, 0.5) is 4.79 Å². The van der Waals surface area contributed by atoms with E-state index >= 15 is 0 Å². The molecule has 1 rings (SSSR count). The van der Waals surface area contributed by atoms with E-state index in [1.165, 1.54) is 4.90 Å². The van der Waals surface area contributed by atoms with Crippen molar-refractivity contribution in [3.63, 3.8) is 0 Å². The van der Waals surface area contributed by atoms with Gasteiger partial charge in [0.1, 0.15) is 0 Å². The molecule has 1 aliphatic heterocycles. The lowest BCUT2D eigenvalue weighted by Gasteiger charge is -2.11. The molecule has 1 aliphatic rings. The average molecular weight is 171 g/mol. The van der Waals surface area contributed by atoms with Crippen LogP contribution in [0.25, 0.3) is 0 Å². The van der Waals surface area contributed by atoms with Crippen molar-refractivity contribution in [1.82, 2.24) is 4.90 Å². The first-order valence-electron chi connectivity index (χ1n) is 3.90. The number of rotatable bonds is 2.